The number of ether oxygens (including phenoxy) is 2. The standard InChI is InChI=1S/C24H33N5O5.2C2H6/c1-6-28(5)20(31)14-34-13-19(30)27-23-21-22(16-10-8-9-11-17(16)25-23)29(15-24(3,4)32)18(26-21)12-33-7-2;2*1-2/h8-11,32H,6-7,12-15H2,1-5H3,(H,25,27,30);2*1-2H3. The fourth-order valence-electron chi connectivity index (χ4n) is 3.52. The summed E-state index contributed by atoms with van der Waals surface area (Å²) in [5, 5.41) is 14.2. The molecule has 0 aliphatic rings. The molecule has 10 heteroatoms. The van der Waals surface area contributed by atoms with Crippen molar-refractivity contribution in [3.63, 3.8) is 0 Å². The maximum Gasteiger partial charge on any atom is 0.251 e. The predicted molar refractivity (Wildman–Crippen MR) is 152 cm³/mol. The molecule has 10 nitrogen and oxygen atoms in total. The van der Waals surface area contributed by atoms with Crippen molar-refractivity contribution < 1.29 is 24.2 Å². The normalized spacial score (nSPS) is 10.9. The van der Waals surface area contributed by atoms with Gasteiger partial charge < -0.3 is 29.4 Å². The van der Waals surface area contributed by atoms with Gasteiger partial charge in [0.15, 0.2) is 5.82 Å². The van der Waals surface area contributed by atoms with Gasteiger partial charge in [-0.15, -0.1) is 0 Å². The minimum atomic E-state index is -1.01. The monoisotopic (exact) mass is 531 g/mol. The predicted octanol–water partition coefficient (Wildman–Crippen LogP) is 4.38. The van der Waals surface area contributed by atoms with Crippen LogP contribution in [0, 0.1) is 0 Å². The van der Waals surface area contributed by atoms with Gasteiger partial charge >= 0.3 is 0 Å². The van der Waals surface area contributed by atoms with E-state index in [1.165, 1.54) is 4.90 Å². The summed E-state index contributed by atoms with van der Waals surface area (Å²) in [5.74, 6) is 0.260. The number of hydrogen-bond acceptors (Lipinski definition) is 7. The van der Waals surface area contributed by atoms with E-state index in [4.69, 9.17) is 14.5 Å². The minimum Gasteiger partial charge on any atom is -0.389 e. The lowest BCUT2D eigenvalue weighted by Gasteiger charge is -2.20. The molecule has 0 atom stereocenters. The van der Waals surface area contributed by atoms with Gasteiger partial charge in [-0.2, -0.15) is 0 Å². The third kappa shape index (κ3) is 9.04. The first kappa shape index (κ1) is 32.9. The second-order valence-corrected chi connectivity index (χ2v) is 8.69. The highest BCUT2D eigenvalue weighted by atomic mass is 16.5. The van der Waals surface area contributed by atoms with Gasteiger partial charge in [-0.1, -0.05) is 45.9 Å². The number of hydrogen-bond donors (Lipinski definition) is 2. The number of imidazole rings is 1. The molecule has 3 aromatic rings. The summed E-state index contributed by atoms with van der Waals surface area (Å²) >= 11 is 0. The van der Waals surface area contributed by atoms with Crippen molar-refractivity contribution in [1.82, 2.24) is 19.4 Å². The van der Waals surface area contributed by atoms with E-state index in [1.807, 2.05) is 70.4 Å². The molecule has 2 aromatic heterocycles. The molecule has 0 radical (unpaired) electrons. The second kappa shape index (κ2) is 16.0. The van der Waals surface area contributed by atoms with Gasteiger partial charge in [-0.25, -0.2) is 9.97 Å². The van der Waals surface area contributed by atoms with Crippen LogP contribution in [0.3, 0.4) is 0 Å². The van der Waals surface area contributed by atoms with Crippen LogP contribution in [0.15, 0.2) is 24.3 Å². The largest absolute Gasteiger partial charge is 0.389 e. The number of rotatable bonds is 11. The van der Waals surface area contributed by atoms with Crippen LogP contribution < -0.4 is 5.32 Å². The number of carbonyl (C=O) groups is 2. The van der Waals surface area contributed by atoms with E-state index in [2.05, 4.69) is 10.3 Å². The third-order valence-electron chi connectivity index (χ3n) is 5.26. The molecular formula is C28H45N5O5. The molecule has 2 heterocycles. The second-order valence-electron chi connectivity index (χ2n) is 8.69. The van der Waals surface area contributed by atoms with Crippen molar-refractivity contribution in [2.75, 3.05) is 38.7 Å². The molecular weight excluding hydrogens is 486 g/mol. The Morgan fingerprint density at radius 1 is 1.05 bits per heavy atom. The van der Waals surface area contributed by atoms with Crippen LogP contribution in [0.5, 0.6) is 0 Å². The van der Waals surface area contributed by atoms with E-state index < -0.39 is 11.5 Å². The van der Waals surface area contributed by atoms with Crippen LogP contribution in [-0.2, 0) is 32.2 Å². The number of likely N-dealkylation sites (N-methyl/N-ethyl adjacent to an activating group) is 1. The summed E-state index contributed by atoms with van der Waals surface area (Å²) in [6.45, 7) is 16.3. The Hall–Kier alpha value is -3.08. The molecule has 0 fully saturated rings. The highest BCUT2D eigenvalue weighted by Crippen LogP contribution is 2.31. The van der Waals surface area contributed by atoms with Crippen molar-refractivity contribution in [2.45, 2.75) is 74.1 Å². The molecule has 2 N–H and O–H groups in total. The van der Waals surface area contributed by atoms with Gasteiger partial charge in [0.2, 0.25) is 5.91 Å². The number of aromatic nitrogens is 3. The molecule has 2 amide bonds. The van der Waals surface area contributed by atoms with Crippen LogP contribution in [0.1, 0.15) is 61.2 Å². The maximum absolute atomic E-state index is 12.6. The minimum absolute atomic E-state index is 0.183. The first-order chi connectivity index (χ1) is 18.1. The van der Waals surface area contributed by atoms with Gasteiger partial charge in [0, 0.05) is 25.6 Å². The van der Waals surface area contributed by atoms with Crippen molar-refractivity contribution in [1.29, 1.82) is 0 Å². The topological polar surface area (TPSA) is 119 Å². The number of nitrogens with zero attached hydrogens (tertiary/aromatic N) is 4. The zero-order valence-electron chi connectivity index (χ0n) is 24.4. The van der Waals surface area contributed by atoms with Gasteiger partial charge in [0.05, 0.1) is 23.2 Å². The lowest BCUT2D eigenvalue weighted by Crippen LogP contribution is -2.31. The maximum atomic E-state index is 12.6. The van der Waals surface area contributed by atoms with Gasteiger partial charge in [0.1, 0.15) is 31.2 Å². The molecule has 0 aliphatic carbocycles. The van der Waals surface area contributed by atoms with Crippen molar-refractivity contribution >= 4 is 39.6 Å². The highest BCUT2D eigenvalue weighted by Gasteiger charge is 2.24. The number of benzene rings is 1. The Morgan fingerprint density at radius 3 is 2.32 bits per heavy atom. The van der Waals surface area contributed by atoms with Crippen LogP contribution >= 0.6 is 0 Å². The fraction of sp³-hybridized carbons (Fsp3) is 0.571. The van der Waals surface area contributed by atoms with E-state index in [-0.39, 0.29) is 38.1 Å². The summed E-state index contributed by atoms with van der Waals surface area (Å²) < 4.78 is 12.8. The van der Waals surface area contributed by atoms with Crippen LogP contribution in [0.25, 0.3) is 21.9 Å². The Labute approximate surface area is 226 Å². The van der Waals surface area contributed by atoms with E-state index >= 15 is 0 Å². The van der Waals surface area contributed by atoms with Crippen LogP contribution in [-0.4, -0.2) is 75.4 Å². The van der Waals surface area contributed by atoms with Crippen LogP contribution in [0.2, 0.25) is 0 Å². The van der Waals surface area contributed by atoms with Gasteiger partial charge in [-0.05, 0) is 33.8 Å². The quantitative estimate of drug-likeness (QED) is 0.377. The SMILES string of the molecule is CC.CC.CCOCc1nc2c(NC(=O)COCC(=O)N(C)CC)nc3ccccc3c2n1CC(C)(C)O. The Bertz CT molecular complexity index is 1170. The Kier molecular flexibility index (Phi) is 13.9. The lowest BCUT2D eigenvalue weighted by atomic mass is 10.1. The number of fused-ring (bicyclic) bond motifs is 3. The molecule has 0 unspecified atom stereocenters. The Balaban J connectivity index is 0.00000172. The molecule has 0 aliphatic heterocycles. The third-order valence-corrected chi connectivity index (χ3v) is 5.26. The van der Waals surface area contributed by atoms with Crippen molar-refractivity contribution in [3.8, 4) is 0 Å². The number of carbonyl (C=O) groups excluding carboxylic acids is 2. The smallest absolute Gasteiger partial charge is 0.251 e. The zero-order chi connectivity index (χ0) is 28.9. The summed E-state index contributed by atoms with van der Waals surface area (Å²) in [6.07, 6.45) is 0. The number of aliphatic hydroxyl groups is 1. The van der Waals surface area contributed by atoms with E-state index in [0.717, 1.165) is 10.9 Å². The fourth-order valence-corrected chi connectivity index (χ4v) is 3.52. The highest BCUT2D eigenvalue weighted by molar-refractivity contribution is 6.09. The average Bonchev–Trinajstić information content (AvgIpc) is 3.26. The molecule has 1 aromatic carbocycles. The molecule has 0 saturated heterocycles. The first-order valence-corrected chi connectivity index (χ1v) is 13.3. The van der Waals surface area contributed by atoms with Crippen LogP contribution in [0.4, 0.5) is 5.82 Å². The first-order valence-electron chi connectivity index (χ1n) is 13.3. The molecule has 0 saturated carbocycles. The van der Waals surface area contributed by atoms with E-state index in [0.29, 0.717) is 30.0 Å². The number of amides is 2. The number of para-hydroxylation sites is 1. The molecule has 212 valence electrons. The Morgan fingerprint density at radius 2 is 1.71 bits per heavy atom. The number of pyridine rings is 1. The summed E-state index contributed by atoms with van der Waals surface area (Å²) in [6, 6.07) is 7.55. The summed E-state index contributed by atoms with van der Waals surface area (Å²) in [5.41, 5.74) is 0.908. The molecule has 0 spiro atoms. The molecule has 38 heavy (non-hydrogen) atoms. The van der Waals surface area contributed by atoms with Gasteiger partial charge in [0.25, 0.3) is 5.91 Å². The average molecular weight is 532 g/mol. The number of anilines is 1. The summed E-state index contributed by atoms with van der Waals surface area (Å²) in [4.78, 5) is 35.4. The lowest BCUT2D eigenvalue weighted by molar-refractivity contribution is -0.136. The summed E-state index contributed by atoms with van der Waals surface area (Å²) in [7, 11) is 1.67. The zero-order valence-corrected chi connectivity index (χ0v) is 24.4. The van der Waals surface area contributed by atoms with Crippen molar-refractivity contribution in [2.24, 2.45) is 0 Å². The van der Waals surface area contributed by atoms with E-state index in [1.54, 1.807) is 20.9 Å². The number of nitrogens with one attached hydrogen (secondary N) is 1. The van der Waals surface area contributed by atoms with Crippen molar-refractivity contribution in [3.05, 3.63) is 30.1 Å². The van der Waals surface area contributed by atoms with E-state index in [9.17, 15) is 14.7 Å². The van der Waals surface area contributed by atoms with Gasteiger partial charge in [-0.3, -0.25) is 9.59 Å². The molecule has 3 rings (SSSR count). The molecule has 0 bridgehead atoms.